The van der Waals surface area contributed by atoms with Crippen LogP contribution in [-0.2, 0) is 0 Å². The molecule has 5 heteroatoms. The summed E-state index contributed by atoms with van der Waals surface area (Å²) in [5.74, 6) is 0.255. The van der Waals surface area contributed by atoms with Crippen molar-refractivity contribution in [2.24, 2.45) is 10.9 Å². The SMILES string of the molecule is CCC(CC(N)=NO)N(C)C(C)c1ccccc1Cl. The smallest absolute Gasteiger partial charge is 0.140 e. The number of nitrogens with zero attached hydrogens (tertiary/aromatic N) is 2. The number of hydrogen-bond donors (Lipinski definition) is 2. The van der Waals surface area contributed by atoms with Gasteiger partial charge in [0.1, 0.15) is 5.84 Å². The molecule has 0 aromatic heterocycles. The lowest BCUT2D eigenvalue weighted by atomic mass is 10.0. The molecule has 1 rings (SSSR count). The number of nitrogens with two attached hydrogens (primary N) is 1. The Labute approximate surface area is 119 Å². The number of halogens is 1. The van der Waals surface area contributed by atoms with Crippen LogP contribution in [0.15, 0.2) is 29.4 Å². The van der Waals surface area contributed by atoms with Gasteiger partial charge in [0, 0.05) is 23.5 Å². The largest absolute Gasteiger partial charge is 0.409 e. The van der Waals surface area contributed by atoms with Crippen molar-refractivity contribution in [3.8, 4) is 0 Å². The summed E-state index contributed by atoms with van der Waals surface area (Å²) in [5.41, 5.74) is 6.69. The van der Waals surface area contributed by atoms with E-state index in [0.717, 1.165) is 17.0 Å². The molecule has 0 amide bonds. The lowest BCUT2D eigenvalue weighted by Gasteiger charge is -2.33. The number of oxime groups is 1. The molecule has 4 nitrogen and oxygen atoms in total. The normalized spacial score (nSPS) is 15.5. The highest BCUT2D eigenvalue weighted by molar-refractivity contribution is 6.31. The number of hydrogen-bond acceptors (Lipinski definition) is 3. The predicted octanol–water partition coefficient (Wildman–Crippen LogP) is 3.25. The lowest BCUT2D eigenvalue weighted by Crippen LogP contribution is -2.37. The summed E-state index contributed by atoms with van der Waals surface area (Å²) in [6.07, 6.45) is 1.46. The summed E-state index contributed by atoms with van der Waals surface area (Å²) < 4.78 is 0. The van der Waals surface area contributed by atoms with Crippen LogP contribution >= 0.6 is 11.6 Å². The van der Waals surface area contributed by atoms with Crippen molar-refractivity contribution in [1.82, 2.24) is 4.90 Å². The minimum Gasteiger partial charge on any atom is -0.409 e. The second kappa shape index (κ2) is 7.36. The van der Waals surface area contributed by atoms with E-state index in [4.69, 9.17) is 22.5 Å². The Morgan fingerprint density at radius 1 is 1.47 bits per heavy atom. The second-order valence-electron chi connectivity index (χ2n) is 4.72. The Morgan fingerprint density at radius 2 is 2.11 bits per heavy atom. The summed E-state index contributed by atoms with van der Waals surface area (Å²) >= 11 is 6.23. The van der Waals surface area contributed by atoms with Gasteiger partial charge in [-0.1, -0.05) is 41.9 Å². The third-order valence-electron chi connectivity index (χ3n) is 3.59. The lowest BCUT2D eigenvalue weighted by molar-refractivity contribution is 0.182. The van der Waals surface area contributed by atoms with Crippen LogP contribution in [-0.4, -0.2) is 29.0 Å². The van der Waals surface area contributed by atoms with Gasteiger partial charge in [-0.2, -0.15) is 0 Å². The van der Waals surface area contributed by atoms with Gasteiger partial charge in [-0.25, -0.2) is 0 Å². The standard InChI is InChI=1S/C14H22ClN3O/c1-4-11(9-14(16)17-19)18(3)10(2)12-7-5-6-8-13(12)15/h5-8,10-11,19H,4,9H2,1-3H3,(H2,16,17). The van der Waals surface area contributed by atoms with E-state index in [1.54, 1.807) is 0 Å². The van der Waals surface area contributed by atoms with Crippen LogP contribution in [0.1, 0.15) is 38.3 Å². The summed E-state index contributed by atoms with van der Waals surface area (Å²) in [6.45, 7) is 4.20. The molecule has 106 valence electrons. The molecule has 1 aromatic rings. The van der Waals surface area contributed by atoms with E-state index in [1.807, 2.05) is 31.3 Å². The summed E-state index contributed by atoms with van der Waals surface area (Å²) in [5, 5.41) is 12.5. The van der Waals surface area contributed by atoms with E-state index >= 15 is 0 Å². The quantitative estimate of drug-likeness (QED) is 0.365. The first-order valence-corrected chi connectivity index (χ1v) is 6.81. The number of amidine groups is 1. The monoisotopic (exact) mass is 283 g/mol. The topological polar surface area (TPSA) is 61.9 Å². The summed E-state index contributed by atoms with van der Waals surface area (Å²) in [7, 11) is 2.03. The van der Waals surface area contributed by atoms with E-state index in [2.05, 4.69) is 23.9 Å². The maximum absolute atomic E-state index is 8.68. The fraction of sp³-hybridized carbons (Fsp3) is 0.500. The minimum atomic E-state index is 0.171. The van der Waals surface area contributed by atoms with Gasteiger partial charge in [0.15, 0.2) is 0 Å². The minimum absolute atomic E-state index is 0.171. The molecule has 1 aromatic carbocycles. The molecule has 0 saturated carbocycles. The fourth-order valence-electron chi connectivity index (χ4n) is 2.21. The third kappa shape index (κ3) is 4.11. The van der Waals surface area contributed by atoms with E-state index in [-0.39, 0.29) is 17.9 Å². The van der Waals surface area contributed by atoms with Crippen molar-refractivity contribution >= 4 is 17.4 Å². The van der Waals surface area contributed by atoms with E-state index in [1.165, 1.54) is 0 Å². The van der Waals surface area contributed by atoms with Crippen molar-refractivity contribution < 1.29 is 5.21 Å². The Bertz CT molecular complexity index is 436. The third-order valence-corrected chi connectivity index (χ3v) is 3.93. The van der Waals surface area contributed by atoms with Crippen LogP contribution in [0.3, 0.4) is 0 Å². The highest BCUT2D eigenvalue weighted by atomic mass is 35.5. The zero-order chi connectivity index (χ0) is 14.4. The molecular weight excluding hydrogens is 262 g/mol. The van der Waals surface area contributed by atoms with E-state index in [0.29, 0.717) is 6.42 Å². The first-order valence-electron chi connectivity index (χ1n) is 6.44. The van der Waals surface area contributed by atoms with Crippen LogP contribution in [0, 0.1) is 0 Å². The van der Waals surface area contributed by atoms with Crippen LogP contribution in [0.4, 0.5) is 0 Å². The van der Waals surface area contributed by atoms with Gasteiger partial charge in [-0.15, -0.1) is 0 Å². The highest BCUT2D eigenvalue weighted by Crippen LogP contribution is 2.28. The first-order chi connectivity index (χ1) is 9.01. The number of rotatable bonds is 6. The van der Waals surface area contributed by atoms with Crippen LogP contribution < -0.4 is 5.73 Å². The van der Waals surface area contributed by atoms with Crippen molar-refractivity contribution in [3.63, 3.8) is 0 Å². The average Bonchev–Trinajstić information content (AvgIpc) is 2.43. The van der Waals surface area contributed by atoms with Crippen molar-refractivity contribution in [2.45, 2.75) is 38.8 Å². The molecule has 19 heavy (non-hydrogen) atoms. The van der Waals surface area contributed by atoms with Gasteiger partial charge in [0.25, 0.3) is 0 Å². The second-order valence-corrected chi connectivity index (χ2v) is 5.13. The first kappa shape index (κ1) is 15.8. The van der Waals surface area contributed by atoms with Gasteiger partial charge >= 0.3 is 0 Å². The Morgan fingerprint density at radius 3 is 2.63 bits per heavy atom. The predicted molar refractivity (Wildman–Crippen MR) is 79.7 cm³/mol. The van der Waals surface area contributed by atoms with Gasteiger partial charge in [-0.3, -0.25) is 4.90 Å². The number of benzene rings is 1. The molecule has 0 aliphatic heterocycles. The van der Waals surface area contributed by atoms with E-state index in [9.17, 15) is 0 Å². The summed E-state index contributed by atoms with van der Waals surface area (Å²) in [4.78, 5) is 2.21. The molecule has 0 bridgehead atoms. The zero-order valence-corrected chi connectivity index (χ0v) is 12.4. The van der Waals surface area contributed by atoms with Gasteiger partial charge < -0.3 is 10.9 Å². The molecule has 0 spiro atoms. The van der Waals surface area contributed by atoms with Gasteiger partial charge in [0.2, 0.25) is 0 Å². The van der Waals surface area contributed by atoms with Crippen molar-refractivity contribution in [2.75, 3.05) is 7.05 Å². The maximum atomic E-state index is 8.68. The average molecular weight is 284 g/mol. The molecule has 0 fully saturated rings. The van der Waals surface area contributed by atoms with Crippen LogP contribution in [0.5, 0.6) is 0 Å². The Balaban J connectivity index is 2.85. The molecule has 0 heterocycles. The van der Waals surface area contributed by atoms with Crippen LogP contribution in [0.25, 0.3) is 0 Å². The van der Waals surface area contributed by atoms with Crippen molar-refractivity contribution in [3.05, 3.63) is 34.9 Å². The van der Waals surface area contributed by atoms with Gasteiger partial charge in [0.05, 0.1) is 0 Å². The molecule has 3 N–H and O–H groups in total. The van der Waals surface area contributed by atoms with Gasteiger partial charge in [-0.05, 0) is 32.0 Å². The fourth-order valence-corrected chi connectivity index (χ4v) is 2.50. The highest BCUT2D eigenvalue weighted by Gasteiger charge is 2.22. The zero-order valence-electron chi connectivity index (χ0n) is 11.7. The molecule has 0 saturated heterocycles. The molecular formula is C14H22ClN3O. The van der Waals surface area contributed by atoms with Crippen LogP contribution in [0.2, 0.25) is 5.02 Å². The molecule has 0 radical (unpaired) electrons. The molecule has 2 unspecified atom stereocenters. The van der Waals surface area contributed by atoms with E-state index < -0.39 is 0 Å². The summed E-state index contributed by atoms with van der Waals surface area (Å²) in [6, 6.07) is 8.21. The maximum Gasteiger partial charge on any atom is 0.140 e. The molecule has 0 aliphatic rings. The van der Waals surface area contributed by atoms with Crippen molar-refractivity contribution in [1.29, 1.82) is 0 Å². The molecule has 2 atom stereocenters. The Kier molecular flexibility index (Phi) is 6.12. The molecule has 0 aliphatic carbocycles. The Hall–Kier alpha value is -1.26.